The Balaban J connectivity index is 1.31. The third-order valence-corrected chi connectivity index (χ3v) is 8.05. The number of ether oxygens (including phenoxy) is 1. The van der Waals surface area contributed by atoms with E-state index in [1.807, 2.05) is 18.3 Å². The minimum absolute atomic E-state index is 0.0577. The molecular weight excluding hydrogens is 504 g/mol. The summed E-state index contributed by atoms with van der Waals surface area (Å²) in [6, 6.07) is 25.7. The first kappa shape index (κ1) is 25.2. The van der Waals surface area contributed by atoms with Crippen LogP contribution in [-0.4, -0.2) is 32.6 Å². The molecule has 0 N–H and O–H groups in total. The molecule has 0 amide bonds. The van der Waals surface area contributed by atoms with Gasteiger partial charge in [-0.3, -0.25) is 4.57 Å². The molecule has 5 nitrogen and oxygen atoms in total. The maximum Gasteiger partial charge on any atom is 0.137 e. The summed E-state index contributed by atoms with van der Waals surface area (Å²) in [5.74, 6) is 2.50. The summed E-state index contributed by atoms with van der Waals surface area (Å²) in [7, 11) is 2.11. The number of hydrogen-bond acceptors (Lipinski definition) is 4. The van der Waals surface area contributed by atoms with Gasteiger partial charge in [0.15, 0.2) is 0 Å². The van der Waals surface area contributed by atoms with E-state index < -0.39 is 0 Å². The molecule has 204 valence electrons. The van der Waals surface area contributed by atoms with E-state index in [1.165, 1.54) is 21.9 Å². The molecule has 41 heavy (non-hydrogen) atoms. The summed E-state index contributed by atoms with van der Waals surface area (Å²) in [5, 5.41) is 2.41. The van der Waals surface area contributed by atoms with Crippen molar-refractivity contribution >= 4 is 27.5 Å². The normalized spacial score (nSPS) is 16.5. The summed E-state index contributed by atoms with van der Waals surface area (Å²) >= 11 is 0. The third kappa shape index (κ3) is 4.38. The summed E-state index contributed by atoms with van der Waals surface area (Å²) in [5.41, 5.74) is 7.03. The first-order valence-corrected chi connectivity index (χ1v) is 14.1. The number of aryl methyl sites for hydroxylation is 1. The lowest BCUT2D eigenvalue weighted by Crippen LogP contribution is -2.33. The fourth-order valence-corrected chi connectivity index (χ4v) is 5.88. The van der Waals surface area contributed by atoms with Gasteiger partial charge in [-0.2, -0.15) is 0 Å². The molecule has 5 aromatic rings. The Morgan fingerprint density at radius 2 is 1.68 bits per heavy atom. The topological polar surface area (TPSA) is 33.5 Å². The molecule has 0 bridgehead atoms. The van der Waals surface area contributed by atoms with E-state index in [0.29, 0.717) is 0 Å². The summed E-state index contributed by atoms with van der Waals surface area (Å²) in [4.78, 5) is 9.26. The smallest absolute Gasteiger partial charge is 0.137 e. The molecule has 1 unspecified atom stereocenters. The minimum Gasteiger partial charge on any atom is -0.457 e. The van der Waals surface area contributed by atoms with Crippen LogP contribution in [0.3, 0.4) is 0 Å². The Hall–Kier alpha value is -4.77. The Bertz CT molecular complexity index is 1900. The maximum atomic E-state index is 6.51. The van der Waals surface area contributed by atoms with Gasteiger partial charge in [0.2, 0.25) is 0 Å². The van der Waals surface area contributed by atoms with Crippen LogP contribution in [0.1, 0.15) is 37.5 Å². The van der Waals surface area contributed by atoms with Gasteiger partial charge in [0, 0.05) is 48.0 Å². The predicted molar refractivity (Wildman–Crippen MR) is 168 cm³/mol. The Labute approximate surface area is 241 Å². The number of aromatic nitrogens is 2. The molecule has 5 heteroatoms. The quantitative estimate of drug-likeness (QED) is 0.230. The zero-order valence-corrected chi connectivity index (χ0v) is 24.2. The number of pyridine rings is 1. The number of nitrogens with zero attached hydrogens (tertiary/aromatic N) is 4. The van der Waals surface area contributed by atoms with Crippen molar-refractivity contribution in [1.82, 2.24) is 19.4 Å². The van der Waals surface area contributed by atoms with Crippen molar-refractivity contribution in [2.45, 2.75) is 39.3 Å². The van der Waals surface area contributed by atoms with Crippen molar-refractivity contribution in [2.75, 3.05) is 7.05 Å². The first-order chi connectivity index (χ1) is 19.8. The molecule has 2 aliphatic heterocycles. The molecule has 1 atom stereocenters. The Kier molecular flexibility index (Phi) is 5.79. The lowest BCUT2D eigenvalue weighted by Gasteiger charge is -2.29. The maximum absolute atomic E-state index is 6.51. The lowest BCUT2D eigenvalue weighted by atomic mass is 9.86. The van der Waals surface area contributed by atoms with Gasteiger partial charge in [-0.05, 0) is 84.1 Å². The van der Waals surface area contributed by atoms with Crippen LogP contribution in [0.2, 0.25) is 0 Å². The molecule has 0 saturated carbocycles. The Morgan fingerprint density at radius 3 is 2.51 bits per heavy atom. The van der Waals surface area contributed by atoms with Crippen molar-refractivity contribution in [3.63, 3.8) is 0 Å². The largest absolute Gasteiger partial charge is 0.457 e. The molecule has 0 saturated heterocycles. The zero-order chi connectivity index (χ0) is 28.3. The molecule has 7 rings (SSSR count). The average molecular weight is 539 g/mol. The standard InChI is InChI=1S/C36H34N4O/c1-24-16-17-37-34(19-24)40-31-15-12-26(36(2,3)4)21-30(31)29-14-13-28(22-32(29)40)41-27-10-8-9-25(20-27)33-23-38(5)35-11-6-7-18-39(33)35/h6-23,35H,1-5H3. The van der Waals surface area contributed by atoms with E-state index >= 15 is 0 Å². The highest BCUT2D eigenvalue weighted by Crippen LogP contribution is 2.38. The van der Waals surface area contributed by atoms with E-state index in [0.717, 1.165) is 39.6 Å². The van der Waals surface area contributed by atoms with Crippen LogP contribution in [-0.2, 0) is 5.41 Å². The van der Waals surface area contributed by atoms with E-state index in [2.05, 4.69) is 140 Å². The number of likely N-dealkylation sites (N-methyl/N-ethyl adjacent to an activating group) is 1. The molecule has 0 fully saturated rings. The van der Waals surface area contributed by atoms with Gasteiger partial charge in [-0.1, -0.05) is 45.0 Å². The van der Waals surface area contributed by atoms with Gasteiger partial charge in [-0.25, -0.2) is 4.98 Å². The second kappa shape index (κ2) is 9.41. The number of rotatable bonds is 4. The molecule has 0 spiro atoms. The predicted octanol–water partition coefficient (Wildman–Crippen LogP) is 8.53. The highest BCUT2D eigenvalue weighted by atomic mass is 16.5. The van der Waals surface area contributed by atoms with Crippen LogP contribution < -0.4 is 4.74 Å². The number of benzene rings is 3. The summed E-state index contributed by atoms with van der Waals surface area (Å²) < 4.78 is 8.77. The second-order valence-electron chi connectivity index (χ2n) is 12.0. The van der Waals surface area contributed by atoms with Gasteiger partial charge >= 0.3 is 0 Å². The van der Waals surface area contributed by atoms with Gasteiger partial charge in [0.05, 0.1) is 16.7 Å². The van der Waals surface area contributed by atoms with Crippen LogP contribution in [0.25, 0.3) is 33.3 Å². The molecule has 0 aliphatic carbocycles. The van der Waals surface area contributed by atoms with E-state index in [-0.39, 0.29) is 11.6 Å². The van der Waals surface area contributed by atoms with E-state index in [1.54, 1.807) is 0 Å². The van der Waals surface area contributed by atoms with Crippen LogP contribution in [0.5, 0.6) is 11.5 Å². The fourth-order valence-electron chi connectivity index (χ4n) is 5.88. The minimum atomic E-state index is 0.0577. The van der Waals surface area contributed by atoms with Crippen LogP contribution in [0, 0.1) is 6.92 Å². The SMILES string of the molecule is Cc1ccnc(-n2c3ccc(C(C)(C)C)cc3c3ccc(Oc4cccc(C5=CN(C)C6C=CC=CN56)c4)cc32)c1. The highest BCUT2D eigenvalue weighted by Gasteiger charge is 2.28. The van der Waals surface area contributed by atoms with Gasteiger partial charge in [0.25, 0.3) is 0 Å². The van der Waals surface area contributed by atoms with Gasteiger partial charge < -0.3 is 14.5 Å². The van der Waals surface area contributed by atoms with Crippen molar-refractivity contribution in [3.8, 4) is 17.3 Å². The highest BCUT2D eigenvalue weighted by molar-refractivity contribution is 6.09. The third-order valence-electron chi connectivity index (χ3n) is 8.05. The average Bonchev–Trinajstić information content (AvgIpc) is 3.47. The monoisotopic (exact) mass is 538 g/mol. The van der Waals surface area contributed by atoms with Crippen molar-refractivity contribution < 1.29 is 4.74 Å². The van der Waals surface area contributed by atoms with Gasteiger partial charge in [-0.15, -0.1) is 0 Å². The fraction of sp³-hybridized carbons (Fsp3) is 0.194. The van der Waals surface area contributed by atoms with Crippen LogP contribution >= 0.6 is 0 Å². The molecule has 2 aliphatic rings. The summed E-state index contributed by atoms with van der Waals surface area (Å²) in [6.07, 6.45) is 12.8. The van der Waals surface area contributed by atoms with Crippen molar-refractivity contribution in [2.24, 2.45) is 0 Å². The Morgan fingerprint density at radius 1 is 0.829 bits per heavy atom. The molecule has 3 aromatic carbocycles. The molecule has 4 heterocycles. The zero-order valence-electron chi connectivity index (χ0n) is 24.2. The molecule has 0 radical (unpaired) electrons. The molecule has 2 aromatic heterocycles. The number of allylic oxidation sites excluding steroid dienone is 2. The van der Waals surface area contributed by atoms with Crippen LogP contribution in [0.15, 0.2) is 110 Å². The lowest BCUT2D eigenvalue weighted by molar-refractivity contribution is 0.282. The molecular formula is C36H34N4O. The van der Waals surface area contributed by atoms with Crippen LogP contribution in [0.4, 0.5) is 0 Å². The second-order valence-corrected chi connectivity index (χ2v) is 12.0. The summed E-state index contributed by atoms with van der Waals surface area (Å²) in [6.45, 7) is 8.88. The first-order valence-electron chi connectivity index (χ1n) is 14.1. The van der Waals surface area contributed by atoms with Gasteiger partial charge in [0.1, 0.15) is 23.5 Å². The number of fused-ring (bicyclic) bond motifs is 4. The van der Waals surface area contributed by atoms with Crippen molar-refractivity contribution in [1.29, 1.82) is 0 Å². The van der Waals surface area contributed by atoms with E-state index in [4.69, 9.17) is 9.72 Å². The van der Waals surface area contributed by atoms with Crippen molar-refractivity contribution in [3.05, 3.63) is 126 Å². The number of hydrogen-bond donors (Lipinski definition) is 0. The van der Waals surface area contributed by atoms with E-state index in [9.17, 15) is 0 Å².